The second-order valence-electron chi connectivity index (χ2n) is 6.33. The lowest BCUT2D eigenvalue weighted by atomic mass is 9.70. The Labute approximate surface area is 120 Å². The Morgan fingerprint density at radius 1 is 1.47 bits per heavy atom. The molecule has 0 bridgehead atoms. The Balaban J connectivity index is 2.03. The summed E-state index contributed by atoms with van der Waals surface area (Å²) in [5.41, 5.74) is 0.463. The van der Waals surface area contributed by atoms with Crippen molar-refractivity contribution in [3.8, 4) is 0 Å². The van der Waals surface area contributed by atoms with Crippen LogP contribution in [-0.4, -0.2) is 22.6 Å². The first-order valence-electron chi connectivity index (χ1n) is 6.85. The van der Waals surface area contributed by atoms with Gasteiger partial charge in [-0.25, -0.2) is 4.79 Å². The molecular formula is C15H22ClNO2. The van der Waals surface area contributed by atoms with Crippen LogP contribution in [0.2, 0.25) is 0 Å². The third kappa shape index (κ3) is 3.53. The van der Waals surface area contributed by atoms with E-state index in [4.69, 9.17) is 16.3 Å². The highest BCUT2D eigenvalue weighted by atomic mass is 35.5. The minimum atomic E-state index is -0.465. The van der Waals surface area contributed by atoms with Crippen LogP contribution in [0.5, 0.6) is 0 Å². The molecule has 2 rings (SSSR count). The summed E-state index contributed by atoms with van der Waals surface area (Å²) in [4.78, 5) is 12.0. The Morgan fingerprint density at radius 3 is 2.58 bits per heavy atom. The van der Waals surface area contributed by atoms with E-state index in [1.54, 1.807) is 0 Å². The first kappa shape index (κ1) is 14.4. The molecule has 0 aromatic heterocycles. The highest BCUT2D eigenvalue weighted by molar-refractivity contribution is 6.22. The standard InChI is InChI=1S/C15H22ClNO2/c1-14(2,3)19-13(18)17-15(9-4-10-15)11-5-7-12(16)8-6-11/h5-7,12H,4,8-10H2,1-3H3,(H,17,18). The largest absolute Gasteiger partial charge is 0.444 e. The van der Waals surface area contributed by atoms with Crippen molar-refractivity contribution in [2.75, 3.05) is 0 Å². The molecule has 3 nitrogen and oxygen atoms in total. The second-order valence-corrected chi connectivity index (χ2v) is 6.89. The fourth-order valence-electron chi connectivity index (χ4n) is 2.46. The van der Waals surface area contributed by atoms with Crippen molar-refractivity contribution in [2.45, 2.75) is 63.0 Å². The molecule has 0 aromatic carbocycles. The summed E-state index contributed by atoms with van der Waals surface area (Å²) >= 11 is 6.04. The number of nitrogens with one attached hydrogen (secondary N) is 1. The molecule has 0 aliphatic heterocycles. The molecule has 1 atom stereocenters. The summed E-state index contributed by atoms with van der Waals surface area (Å²) in [6, 6.07) is 0. The van der Waals surface area contributed by atoms with Crippen LogP contribution in [0.4, 0.5) is 4.79 Å². The third-order valence-corrected chi connectivity index (χ3v) is 3.87. The van der Waals surface area contributed by atoms with Gasteiger partial charge < -0.3 is 10.1 Å². The molecule has 1 amide bonds. The van der Waals surface area contributed by atoms with Crippen LogP contribution in [0, 0.1) is 0 Å². The topological polar surface area (TPSA) is 38.3 Å². The SMILES string of the molecule is CC(C)(C)OC(=O)NC1(C2=CCC(Cl)C=C2)CCC1. The predicted octanol–water partition coefficient (Wildman–Crippen LogP) is 3.93. The van der Waals surface area contributed by atoms with Gasteiger partial charge in [-0.1, -0.05) is 18.2 Å². The van der Waals surface area contributed by atoms with E-state index in [9.17, 15) is 4.79 Å². The number of carbonyl (C=O) groups is 1. The van der Waals surface area contributed by atoms with Gasteiger partial charge in [0.2, 0.25) is 0 Å². The average molecular weight is 284 g/mol. The summed E-state index contributed by atoms with van der Waals surface area (Å²) in [5.74, 6) is 0. The maximum Gasteiger partial charge on any atom is 0.408 e. The number of hydrogen-bond donors (Lipinski definition) is 1. The van der Waals surface area contributed by atoms with Crippen molar-refractivity contribution in [3.63, 3.8) is 0 Å². The quantitative estimate of drug-likeness (QED) is 0.780. The van der Waals surface area contributed by atoms with Gasteiger partial charge in [0.1, 0.15) is 5.60 Å². The molecule has 0 saturated heterocycles. The molecule has 2 aliphatic carbocycles. The van der Waals surface area contributed by atoms with E-state index in [1.807, 2.05) is 32.9 Å². The van der Waals surface area contributed by atoms with Crippen LogP contribution >= 0.6 is 11.6 Å². The molecule has 19 heavy (non-hydrogen) atoms. The molecular weight excluding hydrogens is 262 g/mol. The Hall–Kier alpha value is -0.960. The maximum absolute atomic E-state index is 12.0. The van der Waals surface area contributed by atoms with Gasteiger partial charge in [0, 0.05) is 0 Å². The molecule has 0 spiro atoms. The lowest BCUT2D eigenvalue weighted by Crippen LogP contribution is -2.55. The van der Waals surface area contributed by atoms with Crippen molar-refractivity contribution in [3.05, 3.63) is 23.8 Å². The molecule has 2 aliphatic rings. The van der Waals surface area contributed by atoms with Crippen molar-refractivity contribution >= 4 is 17.7 Å². The van der Waals surface area contributed by atoms with E-state index in [1.165, 1.54) is 5.57 Å². The monoisotopic (exact) mass is 283 g/mol. The molecule has 0 aromatic rings. The molecule has 4 heteroatoms. The first-order valence-corrected chi connectivity index (χ1v) is 7.28. The zero-order valence-corrected chi connectivity index (χ0v) is 12.6. The van der Waals surface area contributed by atoms with Crippen LogP contribution in [0.15, 0.2) is 23.8 Å². The van der Waals surface area contributed by atoms with Crippen LogP contribution in [0.1, 0.15) is 46.5 Å². The van der Waals surface area contributed by atoms with Crippen molar-refractivity contribution in [1.82, 2.24) is 5.32 Å². The zero-order valence-electron chi connectivity index (χ0n) is 11.8. The number of hydrogen-bond acceptors (Lipinski definition) is 2. The van der Waals surface area contributed by atoms with Gasteiger partial charge in [0.15, 0.2) is 0 Å². The van der Waals surface area contributed by atoms with Gasteiger partial charge in [-0.2, -0.15) is 0 Å². The summed E-state index contributed by atoms with van der Waals surface area (Å²) in [5, 5.41) is 3.12. The molecule has 1 unspecified atom stereocenters. The van der Waals surface area contributed by atoms with Gasteiger partial charge >= 0.3 is 6.09 Å². The van der Waals surface area contributed by atoms with Crippen LogP contribution < -0.4 is 5.32 Å². The number of ether oxygens (including phenoxy) is 1. The first-order chi connectivity index (χ1) is 8.81. The van der Waals surface area contributed by atoms with E-state index in [-0.39, 0.29) is 17.0 Å². The highest BCUT2D eigenvalue weighted by Gasteiger charge is 2.42. The lowest BCUT2D eigenvalue weighted by Gasteiger charge is -2.44. The fraction of sp³-hybridized carbons (Fsp3) is 0.667. The number of halogens is 1. The van der Waals surface area contributed by atoms with E-state index in [0.717, 1.165) is 25.7 Å². The van der Waals surface area contributed by atoms with E-state index >= 15 is 0 Å². The number of allylic oxidation sites excluding steroid dienone is 2. The zero-order chi connectivity index (χ0) is 14.1. The van der Waals surface area contributed by atoms with Gasteiger partial charge in [0.25, 0.3) is 0 Å². The van der Waals surface area contributed by atoms with E-state index in [2.05, 4.69) is 11.4 Å². The normalized spacial score (nSPS) is 25.3. The molecule has 0 radical (unpaired) electrons. The predicted molar refractivity (Wildman–Crippen MR) is 77.4 cm³/mol. The minimum Gasteiger partial charge on any atom is -0.444 e. The molecule has 1 N–H and O–H groups in total. The van der Waals surface area contributed by atoms with E-state index in [0.29, 0.717) is 0 Å². The van der Waals surface area contributed by atoms with Gasteiger partial charge in [-0.3, -0.25) is 0 Å². The Morgan fingerprint density at radius 2 is 2.16 bits per heavy atom. The van der Waals surface area contributed by atoms with E-state index < -0.39 is 5.60 Å². The van der Waals surface area contributed by atoms with Crippen molar-refractivity contribution < 1.29 is 9.53 Å². The van der Waals surface area contributed by atoms with Gasteiger partial charge in [0.05, 0.1) is 10.9 Å². The summed E-state index contributed by atoms with van der Waals surface area (Å²) in [6.07, 6.45) is 9.72. The number of amides is 1. The van der Waals surface area contributed by atoms with Gasteiger partial charge in [-0.15, -0.1) is 11.6 Å². The highest BCUT2D eigenvalue weighted by Crippen LogP contribution is 2.40. The summed E-state index contributed by atoms with van der Waals surface area (Å²) in [6.45, 7) is 5.62. The maximum atomic E-state index is 12.0. The molecule has 1 saturated carbocycles. The summed E-state index contributed by atoms with van der Waals surface area (Å²) < 4.78 is 5.35. The average Bonchev–Trinajstić information content (AvgIpc) is 2.22. The number of alkyl halides is 1. The van der Waals surface area contributed by atoms with Gasteiger partial charge in [-0.05, 0) is 52.0 Å². The number of carbonyl (C=O) groups excluding carboxylic acids is 1. The molecule has 1 fully saturated rings. The Bertz CT molecular complexity index is 416. The second kappa shape index (κ2) is 5.20. The minimum absolute atomic E-state index is 0.0717. The van der Waals surface area contributed by atoms with Crippen LogP contribution in [0.25, 0.3) is 0 Å². The molecule has 0 heterocycles. The lowest BCUT2D eigenvalue weighted by molar-refractivity contribution is 0.0424. The Kier molecular flexibility index (Phi) is 3.95. The number of rotatable bonds is 2. The smallest absolute Gasteiger partial charge is 0.408 e. The summed E-state index contributed by atoms with van der Waals surface area (Å²) in [7, 11) is 0. The van der Waals surface area contributed by atoms with Crippen LogP contribution in [0.3, 0.4) is 0 Å². The number of alkyl carbamates (subject to hydrolysis) is 1. The molecule has 106 valence electrons. The third-order valence-electron chi connectivity index (χ3n) is 3.55. The van der Waals surface area contributed by atoms with Crippen molar-refractivity contribution in [1.29, 1.82) is 0 Å². The fourth-order valence-corrected chi connectivity index (χ4v) is 2.63. The van der Waals surface area contributed by atoms with Crippen LogP contribution in [-0.2, 0) is 4.74 Å². The van der Waals surface area contributed by atoms with Crippen molar-refractivity contribution in [2.24, 2.45) is 0 Å².